The van der Waals surface area contributed by atoms with E-state index in [0.29, 0.717) is 13.1 Å². The molecule has 0 saturated carbocycles. The first kappa shape index (κ1) is 19.9. The van der Waals surface area contributed by atoms with Crippen molar-refractivity contribution in [2.24, 2.45) is 5.92 Å². The Morgan fingerprint density at radius 2 is 1.65 bits per heavy atom. The van der Waals surface area contributed by atoms with Crippen LogP contribution in [0.15, 0.2) is 24.3 Å². The van der Waals surface area contributed by atoms with Gasteiger partial charge in [0, 0.05) is 18.7 Å². The molecular weight excluding hydrogens is 339 g/mol. The summed E-state index contributed by atoms with van der Waals surface area (Å²) >= 11 is 0. The number of rotatable bonds is 6. The topological polar surface area (TPSA) is 75.7 Å². The minimum Gasteiger partial charge on any atom is -0.451 e. The summed E-state index contributed by atoms with van der Waals surface area (Å²) in [5.41, 5.74) is 0.242. The molecule has 1 aliphatic heterocycles. The summed E-state index contributed by atoms with van der Waals surface area (Å²) in [5.74, 6) is -2.06. The fraction of sp³-hybridized carbons (Fsp3) is 0.526. The highest BCUT2D eigenvalue weighted by Gasteiger charge is 2.31. The Morgan fingerprint density at radius 1 is 1.08 bits per heavy atom. The molecule has 0 bridgehead atoms. The lowest BCUT2D eigenvalue weighted by Crippen LogP contribution is -2.48. The molecule has 1 fully saturated rings. The second-order valence-corrected chi connectivity index (χ2v) is 6.81. The summed E-state index contributed by atoms with van der Waals surface area (Å²) in [4.78, 5) is 38.7. The Bertz CT molecular complexity index is 654. The number of amides is 2. The summed E-state index contributed by atoms with van der Waals surface area (Å²) in [5, 5.41) is 2.60. The molecule has 1 heterocycles. The van der Waals surface area contributed by atoms with Crippen LogP contribution in [-0.4, -0.2) is 47.9 Å². The number of halogens is 1. The fourth-order valence-electron chi connectivity index (χ4n) is 2.82. The van der Waals surface area contributed by atoms with Crippen LogP contribution in [-0.2, 0) is 14.3 Å². The SMILES string of the molecule is CC(C)[C@H](NC(=O)c1ccc(F)cc1)C(=O)O[C@H](C)C(=O)N1CCCC1. The maximum atomic E-state index is 13.0. The molecule has 142 valence electrons. The van der Waals surface area contributed by atoms with Gasteiger partial charge in [-0.2, -0.15) is 0 Å². The maximum absolute atomic E-state index is 13.0. The van der Waals surface area contributed by atoms with E-state index in [9.17, 15) is 18.8 Å². The molecule has 2 amide bonds. The molecule has 7 heteroatoms. The lowest BCUT2D eigenvalue weighted by Gasteiger charge is -2.25. The minimum atomic E-state index is -0.901. The zero-order valence-corrected chi connectivity index (χ0v) is 15.3. The van der Waals surface area contributed by atoms with Crippen molar-refractivity contribution in [1.82, 2.24) is 10.2 Å². The molecule has 1 aromatic carbocycles. The Labute approximate surface area is 152 Å². The number of carbonyl (C=O) groups is 3. The zero-order chi connectivity index (χ0) is 19.3. The van der Waals surface area contributed by atoms with E-state index in [-0.39, 0.29) is 17.4 Å². The minimum absolute atomic E-state index is 0.219. The van der Waals surface area contributed by atoms with E-state index in [4.69, 9.17) is 4.74 Å². The lowest BCUT2D eigenvalue weighted by atomic mass is 10.0. The van der Waals surface area contributed by atoms with Crippen LogP contribution in [0.3, 0.4) is 0 Å². The molecule has 26 heavy (non-hydrogen) atoms. The molecule has 6 nitrogen and oxygen atoms in total. The van der Waals surface area contributed by atoms with E-state index in [1.54, 1.807) is 18.7 Å². The molecule has 1 aromatic rings. The molecule has 2 rings (SSSR count). The van der Waals surface area contributed by atoms with Crippen LogP contribution in [0, 0.1) is 11.7 Å². The van der Waals surface area contributed by atoms with Crippen LogP contribution in [0.1, 0.15) is 44.0 Å². The largest absolute Gasteiger partial charge is 0.451 e. The van der Waals surface area contributed by atoms with Crippen LogP contribution in [0.5, 0.6) is 0 Å². The summed E-state index contributed by atoms with van der Waals surface area (Å²) in [7, 11) is 0. The van der Waals surface area contributed by atoms with E-state index in [1.807, 2.05) is 0 Å². The molecule has 1 N–H and O–H groups in total. The van der Waals surface area contributed by atoms with E-state index < -0.39 is 29.8 Å². The van der Waals surface area contributed by atoms with Gasteiger partial charge in [0.05, 0.1) is 0 Å². The van der Waals surface area contributed by atoms with Gasteiger partial charge in [-0.1, -0.05) is 13.8 Å². The van der Waals surface area contributed by atoms with Crippen molar-refractivity contribution < 1.29 is 23.5 Å². The monoisotopic (exact) mass is 364 g/mol. The van der Waals surface area contributed by atoms with Crippen LogP contribution in [0.4, 0.5) is 4.39 Å². The average Bonchev–Trinajstić information content (AvgIpc) is 3.13. The lowest BCUT2D eigenvalue weighted by molar-refractivity contribution is -0.161. The smallest absolute Gasteiger partial charge is 0.329 e. The van der Waals surface area contributed by atoms with E-state index >= 15 is 0 Å². The second-order valence-electron chi connectivity index (χ2n) is 6.81. The third kappa shape index (κ3) is 5.03. The van der Waals surface area contributed by atoms with E-state index in [0.717, 1.165) is 12.8 Å². The van der Waals surface area contributed by atoms with Gasteiger partial charge in [0.25, 0.3) is 11.8 Å². The summed E-state index contributed by atoms with van der Waals surface area (Å²) in [6.07, 6.45) is 1.01. The molecule has 1 aliphatic rings. The van der Waals surface area contributed by atoms with Gasteiger partial charge < -0.3 is 15.0 Å². The van der Waals surface area contributed by atoms with Crippen molar-refractivity contribution in [2.75, 3.05) is 13.1 Å². The van der Waals surface area contributed by atoms with Crippen LogP contribution in [0.25, 0.3) is 0 Å². The average molecular weight is 364 g/mol. The number of hydrogen-bond acceptors (Lipinski definition) is 4. The highest BCUT2D eigenvalue weighted by Crippen LogP contribution is 2.13. The Kier molecular flexibility index (Phi) is 6.71. The predicted octanol–water partition coefficient (Wildman–Crippen LogP) is 2.13. The van der Waals surface area contributed by atoms with Crippen molar-refractivity contribution in [3.8, 4) is 0 Å². The van der Waals surface area contributed by atoms with Gasteiger partial charge >= 0.3 is 5.97 Å². The van der Waals surface area contributed by atoms with Crippen molar-refractivity contribution in [1.29, 1.82) is 0 Å². The Morgan fingerprint density at radius 3 is 2.19 bits per heavy atom. The number of ether oxygens (including phenoxy) is 1. The summed E-state index contributed by atoms with van der Waals surface area (Å²) < 4.78 is 18.3. The Hall–Kier alpha value is -2.44. The van der Waals surface area contributed by atoms with Crippen LogP contribution < -0.4 is 5.32 Å². The number of likely N-dealkylation sites (tertiary alicyclic amines) is 1. The highest BCUT2D eigenvalue weighted by molar-refractivity contribution is 5.97. The Balaban J connectivity index is 1.98. The maximum Gasteiger partial charge on any atom is 0.329 e. The summed E-state index contributed by atoms with van der Waals surface area (Å²) in [6, 6.07) is 4.13. The number of carbonyl (C=O) groups excluding carboxylic acids is 3. The quantitative estimate of drug-likeness (QED) is 0.785. The van der Waals surface area contributed by atoms with Crippen molar-refractivity contribution in [3.63, 3.8) is 0 Å². The molecule has 1 saturated heterocycles. The normalized spacial score (nSPS) is 16.3. The van der Waals surface area contributed by atoms with Gasteiger partial charge in [0.1, 0.15) is 11.9 Å². The van der Waals surface area contributed by atoms with Crippen molar-refractivity contribution in [3.05, 3.63) is 35.6 Å². The first-order chi connectivity index (χ1) is 12.3. The van der Waals surface area contributed by atoms with Crippen molar-refractivity contribution in [2.45, 2.75) is 45.8 Å². The molecule has 0 spiro atoms. The highest BCUT2D eigenvalue weighted by atomic mass is 19.1. The number of benzene rings is 1. The van der Waals surface area contributed by atoms with E-state index in [1.165, 1.54) is 31.2 Å². The number of nitrogens with zero attached hydrogens (tertiary/aromatic N) is 1. The molecule has 2 atom stereocenters. The summed E-state index contributed by atoms with van der Waals surface area (Å²) in [6.45, 7) is 6.43. The number of esters is 1. The number of hydrogen-bond donors (Lipinski definition) is 1. The molecular formula is C19H25FN2O4. The molecule has 0 aromatic heterocycles. The standard InChI is InChI=1S/C19H25FN2O4/c1-12(2)16(21-17(23)14-6-8-15(20)9-7-14)19(25)26-13(3)18(24)22-10-4-5-11-22/h6-9,12-13,16H,4-5,10-11H2,1-3H3,(H,21,23)/t13-,16+/m1/s1. The van der Waals surface area contributed by atoms with Gasteiger partial charge in [0.2, 0.25) is 0 Å². The van der Waals surface area contributed by atoms with Gasteiger partial charge in [-0.25, -0.2) is 9.18 Å². The predicted molar refractivity (Wildman–Crippen MR) is 93.9 cm³/mol. The van der Waals surface area contributed by atoms with Crippen molar-refractivity contribution >= 4 is 17.8 Å². The van der Waals surface area contributed by atoms with Gasteiger partial charge in [-0.15, -0.1) is 0 Å². The second kappa shape index (κ2) is 8.78. The first-order valence-corrected chi connectivity index (χ1v) is 8.85. The third-order valence-corrected chi connectivity index (χ3v) is 4.37. The first-order valence-electron chi connectivity index (χ1n) is 8.85. The molecule has 0 aliphatic carbocycles. The van der Waals surface area contributed by atoms with Gasteiger partial charge in [-0.05, 0) is 49.9 Å². The van der Waals surface area contributed by atoms with Gasteiger partial charge in [0.15, 0.2) is 6.10 Å². The van der Waals surface area contributed by atoms with E-state index in [2.05, 4.69) is 5.32 Å². The molecule has 0 radical (unpaired) electrons. The fourth-order valence-corrected chi connectivity index (χ4v) is 2.82. The van der Waals surface area contributed by atoms with Crippen LogP contribution in [0.2, 0.25) is 0 Å². The zero-order valence-electron chi connectivity index (χ0n) is 15.3. The van der Waals surface area contributed by atoms with Crippen LogP contribution >= 0.6 is 0 Å². The molecule has 0 unspecified atom stereocenters. The van der Waals surface area contributed by atoms with Gasteiger partial charge in [-0.3, -0.25) is 9.59 Å². The third-order valence-electron chi connectivity index (χ3n) is 4.37. The number of nitrogens with one attached hydrogen (secondary N) is 1.